The molecule has 0 radical (unpaired) electrons. The molecule has 0 atom stereocenters. The lowest BCUT2D eigenvalue weighted by molar-refractivity contribution is 0.103. The fourth-order valence-electron chi connectivity index (χ4n) is 1.53. The van der Waals surface area contributed by atoms with Crippen LogP contribution in [0.4, 0.5) is 16.2 Å². The number of carbonyl (C=O) groups excluding carboxylic acids is 2. The molecule has 2 rings (SSSR count). The maximum absolute atomic E-state index is 11.9. The summed E-state index contributed by atoms with van der Waals surface area (Å²) < 4.78 is 0. The number of hydrogen-bond donors (Lipinski definition) is 3. The highest BCUT2D eigenvalue weighted by Gasteiger charge is 2.08. The number of benzene rings is 1. The average Bonchev–Trinajstić information content (AvgIpc) is 2.78. The van der Waals surface area contributed by atoms with Crippen molar-refractivity contribution < 1.29 is 9.59 Å². The summed E-state index contributed by atoms with van der Waals surface area (Å²) in [5.74, 6) is -0.145. The Labute approximate surface area is 114 Å². The molecule has 2 aromatic rings. The molecule has 1 aromatic carbocycles. The highest BCUT2D eigenvalue weighted by atomic mass is 32.1. The fraction of sp³-hybridized carbons (Fsp3) is 0.0769. The first-order valence-corrected chi connectivity index (χ1v) is 6.40. The molecular formula is C13H13N3O2S. The molecule has 0 aliphatic carbocycles. The molecule has 0 unspecified atom stereocenters. The summed E-state index contributed by atoms with van der Waals surface area (Å²) >= 11 is 1.44. The van der Waals surface area contributed by atoms with Gasteiger partial charge in [0.05, 0.1) is 4.88 Å². The van der Waals surface area contributed by atoms with E-state index in [-0.39, 0.29) is 5.91 Å². The molecule has 1 aromatic heterocycles. The quantitative estimate of drug-likeness (QED) is 0.804. The molecule has 5 nitrogen and oxygen atoms in total. The van der Waals surface area contributed by atoms with Crippen LogP contribution in [-0.2, 0) is 0 Å². The Bertz CT molecular complexity index is 605. The lowest BCUT2D eigenvalue weighted by atomic mass is 10.2. The van der Waals surface area contributed by atoms with E-state index in [0.29, 0.717) is 16.3 Å². The molecule has 19 heavy (non-hydrogen) atoms. The van der Waals surface area contributed by atoms with Gasteiger partial charge >= 0.3 is 6.03 Å². The zero-order valence-corrected chi connectivity index (χ0v) is 11.1. The summed E-state index contributed by atoms with van der Waals surface area (Å²) in [6.45, 7) is 1.95. The zero-order chi connectivity index (χ0) is 13.8. The summed E-state index contributed by atoms with van der Waals surface area (Å²) in [6.07, 6.45) is 0. The van der Waals surface area contributed by atoms with Crippen LogP contribution in [0.2, 0.25) is 0 Å². The summed E-state index contributed by atoms with van der Waals surface area (Å²) in [5, 5.41) is 5.23. The maximum atomic E-state index is 11.9. The Morgan fingerprint density at radius 1 is 1.00 bits per heavy atom. The van der Waals surface area contributed by atoms with Gasteiger partial charge in [-0.25, -0.2) is 4.79 Å². The molecule has 0 spiro atoms. The second kappa shape index (κ2) is 5.53. The van der Waals surface area contributed by atoms with Crippen molar-refractivity contribution in [2.75, 3.05) is 10.6 Å². The molecule has 4 N–H and O–H groups in total. The van der Waals surface area contributed by atoms with Gasteiger partial charge in [0.2, 0.25) is 0 Å². The molecule has 0 aliphatic rings. The number of urea groups is 1. The van der Waals surface area contributed by atoms with E-state index in [9.17, 15) is 9.59 Å². The SMILES string of the molecule is Cc1ccc(C(=O)Nc2ccc(NC(N)=O)cc2)s1. The zero-order valence-electron chi connectivity index (χ0n) is 10.3. The Kier molecular flexibility index (Phi) is 3.82. The Hall–Kier alpha value is -2.34. The van der Waals surface area contributed by atoms with Crippen LogP contribution in [0.1, 0.15) is 14.5 Å². The van der Waals surface area contributed by atoms with Crippen LogP contribution in [0.3, 0.4) is 0 Å². The molecule has 0 bridgehead atoms. The van der Waals surface area contributed by atoms with E-state index >= 15 is 0 Å². The first-order chi connectivity index (χ1) is 9.04. The van der Waals surface area contributed by atoms with Gasteiger partial charge < -0.3 is 16.4 Å². The van der Waals surface area contributed by atoms with Gasteiger partial charge in [0, 0.05) is 16.3 Å². The molecule has 98 valence electrons. The lowest BCUT2D eigenvalue weighted by Crippen LogP contribution is -2.19. The highest BCUT2D eigenvalue weighted by molar-refractivity contribution is 7.14. The van der Waals surface area contributed by atoms with Gasteiger partial charge in [0.25, 0.3) is 5.91 Å². The first-order valence-electron chi connectivity index (χ1n) is 5.59. The smallest absolute Gasteiger partial charge is 0.316 e. The van der Waals surface area contributed by atoms with Crippen LogP contribution >= 0.6 is 11.3 Å². The second-order valence-corrected chi connectivity index (χ2v) is 5.22. The number of anilines is 2. The van der Waals surface area contributed by atoms with Gasteiger partial charge in [0.15, 0.2) is 0 Å². The van der Waals surface area contributed by atoms with E-state index in [1.165, 1.54) is 11.3 Å². The molecule has 0 saturated heterocycles. The number of aryl methyl sites for hydroxylation is 1. The van der Waals surface area contributed by atoms with Crippen LogP contribution in [0.15, 0.2) is 36.4 Å². The number of nitrogens with one attached hydrogen (secondary N) is 2. The highest BCUT2D eigenvalue weighted by Crippen LogP contribution is 2.18. The van der Waals surface area contributed by atoms with Crippen LogP contribution in [0.5, 0.6) is 0 Å². The number of thiophene rings is 1. The van der Waals surface area contributed by atoms with Crippen molar-refractivity contribution in [2.24, 2.45) is 5.73 Å². The summed E-state index contributed by atoms with van der Waals surface area (Å²) in [7, 11) is 0. The van der Waals surface area contributed by atoms with Crippen molar-refractivity contribution in [3.63, 3.8) is 0 Å². The van der Waals surface area contributed by atoms with Crippen molar-refractivity contribution in [2.45, 2.75) is 6.92 Å². The molecule has 3 amide bonds. The van der Waals surface area contributed by atoms with Crippen LogP contribution in [0.25, 0.3) is 0 Å². The van der Waals surface area contributed by atoms with Gasteiger partial charge in [-0.15, -0.1) is 11.3 Å². The Morgan fingerprint density at radius 2 is 1.58 bits per heavy atom. The number of carbonyl (C=O) groups is 2. The lowest BCUT2D eigenvalue weighted by Gasteiger charge is -2.05. The van der Waals surface area contributed by atoms with Crippen molar-refractivity contribution in [1.29, 1.82) is 0 Å². The van der Waals surface area contributed by atoms with E-state index in [0.717, 1.165) is 4.88 Å². The van der Waals surface area contributed by atoms with Gasteiger partial charge in [-0.05, 0) is 43.3 Å². The predicted molar refractivity (Wildman–Crippen MR) is 76.7 cm³/mol. The van der Waals surface area contributed by atoms with Crippen molar-refractivity contribution in [1.82, 2.24) is 0 Å². The van der Waals surface area contributed by atoms with Gasteiger partial charge in [-0.3, -0.25) is 4.79 Å². The number of amides is 3. The van der Waals surface area contributed by atoms with E-state index in [2.05, 4.69) is 10.6 Å². The van der Waals surface area contributed by atoms with E-state index in [4.69, 9.17) is 5.73 Å². The monoisotopic (exact) mass is 275 g/mol. The minimum atomic E-state index is -0.620. The largest absolute Gasteiger partial charge is 0.351 e. The van der Waals surface area contributed by atoms with Crippen molar-refractivity contribution in [3.05, 3.63) is 46.2 Å². The fourth-order valence-corrected chi connectivity index (χ4v) is 2.29. The van der Waals surface area contributed by atoms with E-state index in [1.807, 2.05) is 13.0 Å². The summed E-state index contributed by atoms with van der Waals surface area (Å²) in [4.78, 5) is 24.3. The van der Waals surface area contributed by atoms with Crippen LogP contribution in [-0.4, -0.2) is 11.9 Å². The molecule has 0 aliphatic heterocycles. The third kappa shape index (κ3) is 3.56. The third-order valence-electron chi connectivity index (χ3n) is 2.37. The minimum absolute atomic E-state index is 0.145. The van der Waals surface area contributed by atoms with Gasteiger partial charge in [0.1, 0.15) is 0 Å². The number of hydrogen-bond acceptors (Lipinski definition) is 3. The van der Waals surface area contributed by atoms with Gasteiger partial charge in [-0.2, -0.15) is 0 Å². The molecular weight excluding hydrogens is 262 g/mol. The minimum Gasteiger partial charge on any atom is -0.351 e. The molecule has 0 saturated carbocycles. The first kappa shape index (κ1) is 13.1. The molecule has 0 fully saturated rings. The van der Waals surface area contributed by atoms with Gasteiger partial charge in [-0.1, -0.05) is 0 Å². The van der Waals surface area contributed by atoms with Crippen LogP contribution < -0.4 is 16.4 Å². The topological polar surface area (TPSA) is 84.2 Å². The number of primary amides is 1. The standard InChI is InChI=1S/C13H13N3O2S/c1-8-2-7-11(19-8)12(17)15-9-3-5-10(6-4-9)16-13(14)18/h2-7H,1H3,(H,15,17)(H3,14,16,18). The molecule has 1 heterocycles. The van der Waals surface area contributed by atoms with Crippen molar-refractivity contribution in [3.8, 4) is 0 Å². The number of rotatable bonds is 3. The number of nitrogens with two attached hydrogens (primary N) is 1. The maximum Gasteiger partial charge on any atom is 0.316 e. The Morgan fingerprint density at radius 3 is 2.05 bits per heavy atom. The normalized spacial score (nSPS) is 9.95. The van der Waals surface area contributed by atoms with Crippen molar-refractivity contribution >= 4 is 34.6 Å². The van der Waals surface area contributed by atoms with E-state index in [1.54, 1.807) is 30.3 Å². The summed E-state index contributed by atoms with van der Waals surface area (Å²) in [6, 6.07) is 9.80. The van der Waals surface area contributed by atoms with Crippen LogP contribution in [0, 0.1) is 6.92 Å². The Balaban J connectivity index is 2.03. The third-order valence-corrected chi connectivity index (χ3v) is 3.37. The molecule has 6 heteroatoms. The van der Waals surface area contributed by atoms with E-state index < -0.39 is 6.03 Å². The second-order valence-electron chi connectivity index (χ2n) is 3.93. The summed E-state index contributed by atoms with van der Waals surface area (Å²) in [5.41, 5.74) is 6.24. The predicted octanol–water partition coefficient (Wildman–Crippen LogP) is 2.80. The average molecular weight is 275 g/mol.